The smallest absolute Gasteiger partial charge is 0.244 e. The van der Waals surface area contributed by atoms with Crippen molar-refractivity contribution in [1.29, 1.82) is 0 Å². The average Bonchev–Trinajstić information content (AvgIpc) is 2.59. The van der Waals surface area contributed by atoms with Crippen LogP contribution >= 0.6 is 15.9 Å². The minimum Gasteiger partial charge on any atom is -0.244 e. The second-order valence-corrected chi connectivity index (χ2v) is 5.95. The van der Waals surface area contributed by atoms with Crippen LogP contribution in [0.4, 0.5) is 0 Å². The molecule has 5 nitrogen and oxygen atoms in total. The van der Waals surface area contributed by atoms with E-state index < -0.39 is 0 Å². The van der Waals surface area contributed by atoms with Crippen LogP contribution in [0.15, 0.2) is 16.9 Å². The van der Waals surface area contributed by atoms with Gasteiger partial charge in [-0.1, -0.05) is 36.7 Å². The first kappa shape index (κ1) is 12.3. The lowest BCUT2D eigenvalue weighted by Crippen LogP contribution is -2.20. The Hall–Kier alpha value is -1.17. The van der Waals surface area contributed by atoms with Gasteiger partial charge in [0, 0.05) is 10.7 Å². The summed E-state index contributed by atoms with van der Waals surface area (Å²) in [6, 6.07) is 3.74. The van der Waals surface area contributed by atoms with E-state index in [1.165, 1.54) is 4.52 Å². The Bertz CT molecular complexity index is 564. The second-order valence-electron chi connectivity index (χ2n) is 4.50. The number of aromatic amines is 1. The maximum atomic E-state index is 11.5. The third kappa shape index (κ3) is 2.26. The first-order valence-electron chi connectivity index (χ1n) is 5.59. The Kier molecular flexibility index (Phi) is 3.33. The molecule has 0 saturated heterocycles. The number of hydrogen-bond donors (Lipinski definition) is 1. The van der Waals surface area contributed by atoms with Gasteiger partial charge >= 0.3 is 5.69 Å². The van der Waals surface area contributed by atoms with Gasteiger partial charge in [0.1, 0.15) is 0 Å². The van der Waals surface area contributed by atoms with E-state index in [9.17, 15) is 4.79 Å². The maximum absolute atomic E-state index is 11.5. The van der Waals surface area contributed by atoms with Crippen LogP contribution in [0.25, 0.3) is 5.65 Å². The molecule has 1 N–H and O–H groups in total. The largest absolute Gasteiger partial charge is 0.364 e. The highest BCUT2D eigenvalue weighted by Crippen LogP contribution is 2.30. The normalized spacial score (nSPS) is 15.4. The van der Waals surface area contributed by atoms with Crippen molar-refractivity contribution in [3.8, 4) is 0 Å². The summed E-state index contributed by atoms with van der Waals surface area (Å²) in [4.78, 5) is 11.8. The molecule has 0 spiro atoms. The summed E-state index contributed by atoms with van der Waals surface area (Å²) in [5, 5.41) is 10.6. The van der Waals surface area contributed by atoms with Crippen LogP contribution in [0.1, 0.15) is 32.4 Å². The Labute approximate surface area is 107 Å². The third-order valence-electron chi connectivity index (χ3n) is 2.85. The van der Waals surface area contributed by atoms with Gasteiger partial charge in [0.05, 0.1) is 5.69 Å². The number of halogens is 1. The Balaban J connectivity index is 2.54. The minimum absolute atomic E-state index is 0.265. The summed E-state index contributed by atoms with van der Waals surface area (Å²) in [5.41, 5.74) is 1.15. The van der Waals surface area contributed by atoms with Crippen LogP contribution in [-0.4, -0.2) is 24.6 Å². The van der Waals surface area contributed by atoms with Crippen molar-refractivity contribution >= 4 is 21.6 Å². The van der Waals surface area contributed by atoms with E-state index in [1.807, 2.05) is 12.1 Å². The number of nitrogens with one attached hydrogen (secondary N) is 1. The van der Waals surface area contributed by atoms with Crippen LogP contribution in [0, 0.1) is 5.92 Å². The minimum atomic E-state index is -0.299. The van der Waals surface area contributed by atoms with E-state index in [2.05, 4.69) is 52.0 Å². The van der Waals surface area contributed by atoms with Crippen molar-refractivity contribution < 1.29 is 0 Å². The van der Waals surface area contributed by atoms with E-state index in [1.54, 1.807) is 0 Å². The Morgan fingerprint density at radius 3 is 2.65 bits per heavy atom. The standard InChI is InChI=1S/C11H15BrN4O/c1-6(2)10(7(3)12)8-4-5-9-13-14-11(17)16(9)15-8/h4-7,10H,1-3H3,(H,14,17). The molecule has 92 valence electrons. The van der Waals surface area contributed by atoms with E-state index in [-0.39, 0.29) is 11.6 Å². The topological polar surface area (TPSA) is 63.0 Å². The molecule has 0 amide bonds. The monoisotopic (exact) mass is 298 g/mol. The summed E-state index contributed by atoms with van der Waals surface area (Å²) in [6.07, 6.45) is 0. The van der Waals surface area contributed by atoms with Gasteiger partial charge < -0.3 is 0 Å². The summed E-state index contributed by atoms with van der Waals surface area (Å²) in [5.74, 6) is 0.707. The third-order valence-corrected chi connectivity index (χ3v) is 3.42. The number of aromatic nitrogens is 4. The van der Waals surface area contributed by atoms with Crippen molar-refractivity contribution in [2.24, 2.45) is 5.92 Å². The fourth-order valence-corrected chi connectivity index (χ4v) is 2.98. The predicted octanol–water partition coefficient (Wildman–Crippen LogP) is 1.94. The highest BCUT2D eigenvalue weighted by molar-refractivity contribution is 9.09. The first-order valence-corrected chi connectivity index (χ1v) is 6.50. The van der Waals surface area contributed by atoms with Gasteiger partial charge in [-0.25, -0.2) is 9.89 Å². The van der Waals surface area contributed by atoms with Crippen molar-refractivity contribution in [3.63, 3.8) is 0 Å². The molecule has 0 aliphatic heterocycles. The molecule has 0 aliphatic rings. The zero-order valence-electron chi connectivity index (χ0n) is 10.0. The molecule has 0 fully saturated rings. The number of hydrogen-bond acceptors (Lipinski definition) is 3. The summed E-state index contributed by atoms with van der Waals surface area (Å²) in [7, 11) is 0. The van der Waals surface area contributed by atoms with Crippen molar-refractivity contribution in [2.45, 2.75) is 31.5 Å². The lowest BCUT2D eigenvalue weighted by molar-refractivity contribution is 0.481. The zero-order chi connectivity index (χ0) is 12.6. The molecule has 2 heterocycles. The SMILES string of the molecule is CC(C)C(c1ccc2n[nH]c(=O)n2n1)C(C)Br. The van der Waals surface area contributed by atoms with Gasteiger partial charge in [0.25, 0.3) is 0 Å². The van der Waals surface area contributed by atoms with Crippen molar-refractivity contribution in [3.05, 3.63) is 28.3 Å². The van der Waals surface area contributed by atoms with Crippen molar-refractivity contribution in [1.82, 2.24) is 19.8 Å². The summed E-state index contributed by atoms with van der Waals surface area (Å²) < 4.78 is 1.31. The molecule has 2 atom stereocenters. The van der Waals surface area contributed by atoms with Crippen LogP contribution in [0.2, 0.25) is 0 Å². The fraction of sp³-hybridized carbons (Fsp3) is 0.545. The molecule has 0 bridgehead atoms. The molecule has 0 aromatic carbocycles. The predicted molar refractivity (Wildman–Crippen MR) is 69.6 cm³/mol. The Morgan fingerprint density at radius 1 is 1.35 bits per heavy atom. The van der Waals surface area contributed by atoms with Crippen LogP contribution in [-0.2, 0) is 0 Å². The fourth-order valence-electron chi connectivity index (χ4n) is 2.10. The average molecular weight is 299 g/mol. The lowest BCUT2D eigenvalue weighted by Gasteiger charge is -2.22. The second kappa shape index (κ2) is 4.60. The van der Waals surface area contributed by atoms with Crippen LogP contribution in [0.5, 0.6) is 0 Å². The van der Waals surface area contributed by atoms with E-state index in [0.717, 1.165) is 5.69 Å². The maximum Gasteiger partial charge on any atom is 0.364 e. The molecule has 0 aliphatic carbocycles. The van der Waals surface area contributed by atoms with Gasteiger partial charge in [-0.15, -0.1) is 0 Å². The molecule has 2 unspecified atom stereocenters. The van der Waals surface area contributed by atoms with E-state index in [0.29, 0.717) is 16.4 Å². The molecule has 17 heavy (non-hydrogen) atoms. The number of rotatable bonds is 3. The number of alkyl halides is 1. The molecular formula is C11H15BrN4O. The van der Waals surface area contributed by atoms with E-state index in [4.69, 9.17) is 0 Å². The molecule has 6 heteroatoms. The molecule has 2 aromatic heterocycles. The highest BCUT2D eigenvalue weighted by atomic mass is 79.9. The number of H-pyrrole nitrogens is 1. The molecule has 2 aromatic rings. The zero-order valence-corrected chi connectivity index (χ0v) is 11.6. The molecule has 0 radical (unpaired) electrons. The van der Waals surface area contributed by atoms with Gasteiger partial charge in [-0.2, -0.15) is 14.7 Å². The van der Waals surface area contributed by atoms with Crippen molar-refractivity contribution in [2.75, 3.05) is 0 Å². The van der Waals surface area contributed by atoms with Crippen LogP contribution in [0.3, 0.4) is 0 Å². The quantitative estimate of drug-likeness (QED) is 0.881. The lowest BCUT2D eigenvalue weighted by atomic mass is 9.90. The van der Waals surface area contributed by atoms with Gasteiger partial charge in [0.15, 0.2) is 5.65 Å². The van der Waals surface area contributed by atoms with E-state index >= 15 is 0 Å². The Morgan fingerprint density at radius 2 is 2.06 bits per heavy atom. The molecule has 2 rings (SSSR count). The van der Waals surface area contributed by atoms with Gasteiger partial charge in [0.2, 0.25) is 0 Å². The van der Waals surface area contributed by atoms with Crippen LogP contribution < -0.4 is 5.69 Å². The van der Waals surface area contributed by atoms with Gasteiger partial charge in [-0.05, 0) is 18.1 Å². The summed E-state index contributed by atoms with van der Waals surface area (Å²) in [6.45, 7) is 6.38. The molecule has 0 saturated carbocycles. The number of nitrogens with zero attached hydrogens (tertiary/aromatic N) is 3. The summed E-state index contributed by atoms with van der Waals surface area (Å²) >= 11 is 3.60. The first-order chi connectivity index (χ1) is 8.00. The number of fused-ring (bicyclic) bond motifs is 1. The molecular weight excluding hydrogens is 284 g/mol. The highest BCUT2D eigenvalue weighted by Gasteiger charge is 2.23. The van der Waals surface area contributed by atoms with Gasteiger partial charge in [-0.3, -0.25) is 0 Å².